The van der Waals surface area contributed by atoms with Crippen molar-refractivity contribution >= 4 is 18.9 Å². The van der Waals surface area contributed by atoms with Crippen LogP contribution in [0.2, 0.25) is 0 Å². The summed E-state index contributed by atoms with van der Waals surface area (Å²) in [5, 5.41) is 3.25. The molecule has 1 aliphatic rings. The Balaban J connectivity index is 2.18. The van der Waals surface area contributed by atoms with Crippen molar-refractivity contribution in [2.75, 3.05) is 23.8 Å². The van der Waals surface area contributed by atoms with Crippen LogP contribution in [0.25, 0.3) is 0 Å². The molecule has 3 heteroatoms. The van der Waals surface area contributed by atoms with Crippen molar-refractivity contribution in [2.45, 2.75) is 59.5 Å². The molecule has 0 spiro atoms. The van der Waals surface area contributed by atoms with Crippen molar-refractivity contribution in [1.82, 2.24) is 0 Å². The van der Waals surface area contributed by atoms with E-state index in [4.69, 9.17) is 0 Å². The number of benzene rings is 1. The van der Waals surface area contributed by atoms with Crippen LogP contribution >= 0.6 is 7.26 Å². The molecule has 122 valence electrons. The summed E-state index contributed by atoms with van der Waals surface area (Å²) < 4.78 is 0. The van der Waals surface area contributed by atoms with Crippen LogP contribution in [0.3, 0.4) is 0 Å². The van der Waals surface area contributed by atoms with Gasteiger partial charge in [0.1, 0.15) is 5.66 Å². The Kier molecular flexibility index (Phi) is 5.66. The molecule has 1 atom stereocenters. The Hall–Kier alpha value is -0.880. The molecule has 22 heavy (non-hydrogen) atoms. The summed E-state index contributed by atoms with van der Waals surface area (Å²) in [5.41, 5.74) is 4.81. The monoisotopic (exact) mass is 320 g/mol. The fraction of sp³-hybridized carbons (Fsp3) is 0.632. The van der Waals surface area contributed by atoms with Gasteiger partial charge in [-0.05, 0) is 65.0 Å². The largest absolute Gasteiger partial charge is 0.322 e. The third-order valence-electron chi connectivity index (χ3n) is 5.46. The average molecular weight is 320 g/mol. The van der Waals surface area contributed by atoms with Crippen molar-refractivity contribution in [2.24, 2.45) is 0 Å². The van der Waals surface area contributed by atoms with E-state index >= 15 is 0 Å². The van der Waals surface area contributed by atoms with Crippen LogP contribution in [0.4, 0.5) is 5.69 Å². The van der Waals surface area contributed by atoms with Gasteiger partial charge in [0, 0.05) is 12.9 Å². The minimum Gasteiger partial charge on any atom is -0.322 e. The number of nitrogens with one attached hydrogen (secondary N) is 1. The van der Waals surface area contributed by atoms with E-state index in [1.165, 1.54) is 54.4 Å². The first-order chi connectivity index (χ1) is 10.4. The number of carbonyl (C=O) groups is 1. The first-order valence-electron chi connectivity index (χ1n) is 8.64. The van der Waals surface area contributed by atoms with E-state index in [9.17, 15) is 4.79 Å². The number of amides is 1. The molecule has 2 nitrogen and oxygen atoms in total. The molecule has 1 aromatic carbocycles. The third kappa shape index (κ3) is 3.54. The maximum absolute atomic E-state index is 12.9. The molecule has 1 N–H and O–H groups in total. The van der Waals surface area contributed by atoms with Gasteiger partial charge in [-0.1, -0.05) is 17.7 Å². The highest BCUT2D eigenvalue weighted by Crippen LogP contribution is 2.65. The van der Waals surface area contributed by atoms with Crippen LogP contribution in [-0.2, 0) is 4.79 Å². The van der Waals surface area contributed by atoms with E-state index < -0.39 is 7.26 Å². The number of carbonyl (C=O) groups excluding carboxylic acids is 1. The van der Waals surface area contributed by atoms with Crippen molar-refractivity contribution in [3.05, 3.63) is 28.8 Å². The molecule has 0 aliphatic carbocycles. The second-order valence-corrected chi connectivity index (χ2v) is 11.7. The molecule has 1 saturated heterocycles. The molecular weight excluding hydrogens is 289 g/mol. The predicted octanol–water partition coefficient (Wildman–Crippen LogP) is 5.16. The Morgan fingerprint density at radius 2 is 1.68 bits per heavy atom. The molecule has 1 heterocycles. The highest BCUT2D eigenvalue weighted by atomic mass is 31.2. The van der Waals surface area contributed by atoms with Crippen LogP contribution in [-0.4, -0.2) is 30.1 Å². The predicted molar refractivity (Wildman–Crippen MR) is 99.8 cm³/mol. The summed E-state index contributed by atoms with van der Waals surface area (Å²) >= 11 is 0. The molecule has 1 amide bonds. The van der Waals surface area contributed by atoms with E-state index in [1.54, 1.807) is 0 Å². The van der Waals surface area contributed by atoms with Crippen molar-refractivity contribution in [1.29, 1.82) is 0 Å². The van der Waals surface area contributed by atoms with Crippen LogP contribution in [0.1, 0.15) is 49.8 Å². The molecule has 0 aromatic heterocycles. The SMILES string of the molecule is CC[P+]1(C(C)C(=O)Nc2c(C)cc(C)cc2C)CCCCC1. The summed E-state index contributed by atoms with van der Waals surface area (Å²) in [6, 6.07) is 4.30. The zero-order chi connectivity index (χ0) is 16.3. The maximum Gasteiger partial charge on any atom is 0.264 e. The van der Waals surface area contributed by atoms with Gasteiger partial charge in [-0.2, -0.15) is 0 Å². The Morgan fingerprint density at radius 3 is 2.18 bits per heavy atom. The quantitative estimate of drug-likeness (QED) is 0.763. The summed E-state index contributed by atoms with van der Waals surface area (Å²) in [6.45, 7) is 10.8. The summed E-state index contributed by atoms with van der Waals surface area (Å²) in [7, 11) is -1.11. The number of aryl methyl sites for hydroxylation is 3. The molecule has 0 saturated carbocycles. The number of anilines is 1. The zero-order valence-corrected chi connectivity index (χ0v) is 15.7. The van der Waals surface area contributed by atoms with E-state index in [0.717, 1.165) is 5.69 Å². The molecule has 1 fully saturated rings. The van der Waals surface area contributed by atoms with Crippen LogP contribution in [0.5, 0.6) is 0 Å². The Bertz CT molecular complexity index is 523. The summed E-state index contributed by atoms with van der Waals surface area (Å²) in [6.07, 6.45) is 7.83. The topological polar surface area (TPSA) is 29.1 Å². The van der Waals surface area contributed by atoms with E-state index in [2.05, 4.69) is 52.1 Å². The standard InChI is InChI=1S/C19H30NOP/c1-6-22(10-8-7-9-11-22)17(5)19(21)20-18-15(3)12-14(2)13-16(18)4/h12-13,17H,6-11H2,1-5H3/p+1. The average Bonchev–Trinajstić information content (AvgIpc) is 2.50. The molecule has 1 aromatic rings. The van der Waals surface area contributed by atoms with Gasteiger partial charge < -0.3 is 5.32 Å². The van der Waals surface area contributed by atoms with Gasteiger partial charge in [-0.3, -0.25) is 4.79 Å². The van der Waals surface area contributed by atoms with Gasteiger partial charge in [0.25, 0.3) is 5.91 Å². The molecule has 0 bridgehead atoms. The van der Waals surface area contributed by atoms with Crippen LogP contribution in [0, 0.1) is 20.8 Å². The number of rotatable bonds is 4. The van der Waals surface area contributed by atoms with Gasteiger partial charge in [-0.15, -0.1) is 0 Å². The maximum atomic E-state index is 12.9. The summed E-state index contributed by atoms with van der Waals surface area (Å²) in [5.74, 6) is 0.243. The minimum absolute atomic E-state index is 0.193. The lowest BCUT2D eigenvalue weighted by atomic mass is 10.1. The second kappa shape index (κ2) is 7.13. The van der Waals surface area contributed by atoms with Gasteiger partial charge in [0.2, 0.25) is 0 Å². The molecule has 0 radical (unpaired) electrons. The second-order valence-electron chi connectivity index (χ2n) is 6.98. The lowest BCUT2D eigenvalue weighted by Gasteiger charge is -2.34. The molecule has 1 aliphatic heterocycles. The normalized spacial score (nSPS) is 18.8. The van der Waals surface area contributed by atoms with Gasteiger partial charge in [0.05, 0.1) is 18.5 Å². The van der Waals surface area contributed by atoms with Crippen molar-refractivity contribution in [3.63, 3.8) is 0 Å². The highest BCUT2D eigenvalue weighted by Gasteiger charge is 2.46. The fourth-order valence-electron chi connectivity index (χ4n) is 3.97. The fourth-order valence-corrected chi connectivity index (χ4v) is 8.42. The van der Waals surface area contributed by atoms with Gasteiger partial charge in [0.15, 0.2) is 0 Å². The first kappa shape index (κ1) is 17.5. The van der Waals surface area contributed by atoms with Crippen LogP contribution < -0.4 is 5.32 Å². The van der Waals surface area contributed by atoms with Crippen LogP contribution in [0.15, 0.2) is 12.1 Å². The van der Waals surface area contributed by atoms with E-state index in [1.807, 2.05) is 0 Å². The lowest BCUT2D eigenvalue weighted by Crippen LogP contribution is -2.33. The first-order valence-corrected chi connectivity index (χ1v) is 11.1. The number of hydrogen-bond acceptors (Lipinski definition) is 1. The smallest absolute Gasteiger partial charge is 0.264 e. The molecule has 1 unspecified atom stereocenters. The zero-order valence-electron chi connectivity index (χ0n) is 14.8. The molecular formula is C19H31NOP+. The third-order valence-corrected chi connectivity index (χ3v) is 11.0. The highest BCUT2D eigenvalue weighted by molar-refractivity contribution is 7.77. The number of hydrogen-bond donors (Lipinski definition) is 1. The summed E-state index contributed by atoms with van der Waals surface area (Å²) in [4.78, 5) is 12.9. The Morgan fingerprint density at radius 1 is 1.14 bits per heavy atom. The minimum atomic E-state index is -1.11. The van der Waals surface area contributed by atoms with E-state index in [0.29, 0.717) is 0 Å². The van der Waals surface area contributed by atoms with Gasteiger partial charge >= 0.3 is 0 Å². The van der Waals surface area contributed by atoms with E-state index in [-0.39, 0.29) is 11.6 Å². The van der Waals surface area contributed by atoms with Crippen molar-refractivity contribution in [3.8, 4) is 0 Å². The lowest BCUT2D eigenvalue weighted by molar-refractivity contribution is -0.115. The van der Waals surface area contributed by atoms with Crippen molar-refractivity contribution < 1.29 is 4.79 Å². The molecule has 2 rings (SSSR count). The van der Waals surface area contributed by atoms with Gasteiger partial charge in [-0.25, -0.2) is 0 Å². The Labute approximate surface area is 136 Å².